The normalized spacial score (nSPS) is 34.2. The molecule has 2 aliphatic heterocycles. The molecule has 0 bridgehead atoms. The molecule has 0 amide bonds. The van der Waals surface area contributed by atoms with Crippen molar-refractivity contribution in [2.75, 3.05) is 26.4 Å². The van der Waals surface area contributed by atoms with E-state index in [1.165, 1.54) is 6.42 Å². The summed E-state index contributed by atoms with van der Waals surface area (Å²) in [4.78, 5) is 0. The zero-order valence-corrected chi connectivity index (χ0v) is 11.1. The van der Waals surface area contributed by atoms with Gasteiger partial charge in [-0.1, -0.05) is 0 Å². The second kappa shape index (κ2) is 5.08. The molecule has 1 unspecified atom stereocenters. The first-order valence-corrected chi connectivity index (χ1v) is 7.37. The second-order valence-electron chi connectivity index (χ2n) is 6.29. The molecule has 4 nitrogen and oxygen atoms in total. The third-order valence-corrected chi connectivity index (χ3v) is 4.90. The third kappa shape index (κ3) is 2.72. The topological polar surface area (TPSA) is 50.7 Å². The molecule has 3 aliphatic rings. The molecular weight excluding hydrogens is 230 g/mol. The van der Waals surface area contributed by atoms with Crippen LogP contribution in [0.2, 0.25) is 0 Å². The lowest BCUT2D eigenvalue weighted by molar-refractivity contribution is -0.142. The first-order chi connectivity index (χ1) is 8.70. The first kappa shape index (κ1) is 12.9. The Hall–Kier alpha value is -0.160. The number of aliphatic hydroxyl groups is 1. The van der Waals surface area contributed by atoms with Crippen LogP contribution in [0.4, 0.5) is 0 Å². The minimum absolute atomic E-state index is 0.0520. The lowest BCUT2D eigenvalue weighted by Crippen LogP contribution is -2.54. The Morgan fingerprint density at radius 2 is 1.89 bits per heavy atom. The Balaban J connectivity index is 1.50. The molecule has 3 fully saturated rings. The highest BCUT2D eigenvalue weighted by atomic mass is 16.5. The lowest BCUT2D eigenvalue weighted by atomic mass is 9.79. The van der Waals surface area contributed by atoms with E-state index in [2.05, 4.69) is 5.32 Å². The van der Waals surface area contributed by atoms with Crippen molar-refractivity contribution in [2.24, 2.45) is 0 Å². The van der Waals surface area contributed by atoms with Gasteiger partial charge in [0.2, 0.25) is 0 Å². The van der Waals surface area contributed by atoms with Crippen LogP contribution in [-0.4, -0.2) is 48.7 Å². The van der Waals surface area contributed by atoms with Gasteiger partial charge in [-0.3, -0.25) is 0 Å². The largest absolute Gasteiger partial charge is 0.389 e. The number of hydrogen-bond donors (Lipinski definition) is 2. The molecule has 18 heavy (non-hydrogen) atoms. The molecule has 0 radical (unpaired) electrons. The monoisotopic (exact) mass is 255 g/mol. The SMILES string of the molecule is OC1(CNC2CCOC3(CCOCC3)C2)CCC1. The molecule has 2 saturated heterocycles. The van der Waals surface area contributed by atoms with Crippen LogP contribution in [0.5, 0.6) is 0 Å². The van der Waals surface area contributed by atoms with Gasteiger partial charge in [0.05, 0.1) is 11.2 Å². The molecule has 1 aliphatic carbocycles. The number of ether oxygens (including phenoxy) is 2. The van der Waals surface area contributed by atoms with E-state index in [1.54, 1.807) is 0 Å². The summed E-state index contributed by atoms with van der Waals surface area (Å²) < 4.78 is 11.5. The maximum Gasteiger partial charge on any atom is 0.0771 e. The van der Waals surface area contributed by atoms with Gasteiger partial charge in [0.1, 0.15) is 0 Å². The standard InChI is InChI=1S/C14H25NO3/c16-13(3-1-4-13)11-15-12-2-7-18-14(10-12)5-8-17-9-6-14/h12,15-16H,1-11H2. The molecule has 3 rings (SSSR count). The Kier molecular flexibility index (Phi) is 3.63. The molecule has 1 saturated carbocycles. The van der Waals surface area contributed by atoms with Gasteiger partial charge in [-0.05, 0) is 44.9 Å². The van der Waals surface area contributed by atoms with Crippen LogP contribution in [-0.2, 0) is 9.47 Å². The van der Waals surface area contributed by atoms with Gasteiger partial charge in [-0.25, -0.2) is 0 Å². The fourth-order valence-corrected chi connectivity index (χ4v) is 3.39. The minimum Gasteiger partial charge on any atom is -0.389 e. The van der Waals surface area contributed by atoms with E-state index in [4.69, 9.17) is 9.47 Å². The molecule has 2 heterocycles. The fourth-order valence-electron chi connectivity index (χ4n) is 3.39. The number of hydrogen-bond acceptors (Lipinski definition) is 4. The summed E-state index contributed by atoms with van der Waals surface area (Å²) in [5, 5.41) is 13.7. The summed E-state index contributed by atoms with van der Waals surface area (Å²) >= 11 is 0. The van der Waals surface area contributed by atoms with Gasteiger partial charge in [0, 0.05) is 32.4 Å². The van der Waals surface area contributed by atoms with Crippen molar-refractivity contribution in [1.29, 1.82) is 0 Å². The van der Waals surface area contributed by atoms with E-state index in [1.807, 2.05) is 0 Å². The van der Waals surface area contributed by atoms with Gasteiger partial charge in [-0.15, -0.1) is 0 Å². The molecule has 4 heteroatoms. The molecule has 1 atom stereocenters. The van der Waals surface area contributed by atoms with E-state index >= 15 is 0 Å². The molecule has 0 aromatic heterocycles. The van der Waals surface area contributed by atoms with Crippen LogP contribution in [0, 0.1) is 0 Å². The van der Waals surface area contributed by atoms with Crippen LogP contribution in [0.15, 0.2) is 0 Å². The summed E-state index contributed by atoms with van der Waals surface area (Å²) in [5.74, 6) is 0. The average molecular weight is 255 g/mol. The third-order valence-electron chi connectivity index (χ3n) is 4.90. The minimum atomic E-state index is -0.416. The van der Waals surface area contributed by atoms with Crippen molar-refractivity contribution in [3.8, 4) is 0 Å². The average Bonchev–Trinajstić information content (AvgIpc) is 2.35. The summed E-state index contributed by atoms with van der Waals surface area (Å²) in [6, 6.07) is 0.501. The van der Waals surface area contributed by atoms with Crippen LogP contribution < -0.4 is 5.32 Å². The van der Waals surface area contributed by atoms with E-state index in [0.29, 0.717) is 6.04 Å². The van der Waals surface area contributed by atoms with Gasteiger partial charge < -0.3 is 19.9 Å². The van der Waals surface area contributed by atoms with Crippen LogP contribution in [0.1, 0.15) is 44.9 Å². The zero-order valence-electron chi connectivity index (χ0n) is 11.1. The summed E-state index contributed by atoms with van der Waals surface area (Å²) in [6.07, 6.45) is 7.29. The highest BCUT2D eigenvalue weighted by Crippen LogP contribution is 2.35. The molecular formula is C14H25NO3. The highest BCUT2D eigenvalue weighted by molar-refractivity contribution is 4.95. The van der Waals surface area contributed by atoms with E-state index in [0.717, 1.165) is 64.9 Å². The molecule has 0 aromatic rings. The first-order valence-electron chi connectivity index (χ1n) is 7.37. The maximum absolute atomic E-state index is 10.1. The van der Waals surface area contributed by atoms with Crippen molar-refractivity contribution >= 4 is 0 Å². The Morgan fingerprint density at radius 3 is 2.56 bits per heavy atom. The quantitative estimate of drug-likeness (QED) is 0.796. The summed E-state index contributed by atoms with van der Waals surface area (Å²) in [6.45, 7) is 3.26. The lowest BCUT2D eigenvalue weighted by Gasteiger charge is -2.45. The van der Waals surface area contributed by atoms with Gasteiger partial charge in [0.15, 0.2) is 0 Å². The smallest absolute Gasteiger partial charge is 0.0771 e. The summed E-state index contributed by atoms with van der Waals surface area (Å²) in [5.41, 5.74) is -0.364. The second-order valence-corrected chi connectivity index (χ2v) is 6.29. The van der Waals surface area contributed by atoms with Crippen molar-refractivity contribution in [2.45, 2.75) is 62.2 Å². The van der Waals surface area contributed by atoms with Crippen molar-refractivity contribution in [3.05, 3.63) is 0 Å². The Labute approximate surface area is 109 Å². The van der Waals surface area contributed by atoms with Crippen LogP contribution in [0.3, 0.4) is 0 Å². The molecule has 104 valence electrons. The highest BCUT2D eigenvalue weighted by Gasteiger charge is 2.40. The van der Waals surface area contributed by atoms with Crippen LogP contribution >= 0.6 is 0 Å². The molecule has 1 spiro atoms. The Bertz CT molecular complexity index is 279. The van der Waals surface area contributed by atoms with Gasteiger partial charge in [-0.2, -0.15) is 0 Å². The number of nitrogens with one attached hydrogen (secondary N) is 1. The van der Waals surface area contributed by atoms with E-state index < -0.39 is 5.60 Å². The number of rotatable bonds is 3. The molecule has 0 aromatic carbocycles. The van der Waals surface area contributed by atoms with Crippen molar-refractivity contribution in [1.82, 2.24) is 5.32 Å². The Morgan fingerprint density at radius 1 is 1.11 bits per heavy atom. The maximum atomic E-state index is 10.1. The fraction of sp³-hybridized carbons (Fsp3) is 1.00. The predicted octanol–water partition coefficient (Wildman–Crippen LogP) is 1.22. The predicted molar refractivity (Wildman–Crippen MR) is 68.6 cm³/mol. The summed E-state index contributed by atoms with van der Waals surface area (Å²) in [7, 11) is 0. The molecule has 2 N–H and O–H groups in total. The van der Waals surface area contributed by atoms with Gasteiger partial charge >= 0.3 is 0 Å². The zero-order chi connectivity index (χ0) is 12.5. The van der Waals surface area contributed by atoms with Crippen molar-refractivity contribution < 1.29 is 14.6 Å². The van der Waals surface area contributed by atoms with E-state index in [9.17, 15) is 5.11 Å². The van der Waals surface area contributed by atoms with E-state index in [-0.39, 0.29) is 5.60 Å². The van der Waals surface area contributed by atoms with Crippen molar-refractivity contribution in [3.63, 3.8) is 0 Å². The van der Waals surface area contributed by atoms with Crippen LogP contribution in [0.25, 0.3) is 0 Å². The van der Waals surface area contributed by atoms with Gasteiger partial charge in [0.25, 0.3) is 0 Å².